The molecule has 1 unspecified atom stereocenters. The van der Waals surface area contributed by atoms with Crippen LogP contribution in [0.4, 0.5) is 5.69 Å². The van der Waals surface area contributed by atoms with Crippen LogP contribution < -0.4 is 11.1 Å². The third-order valence-electron chi connectivity index (χ3n) is 4.13. The molecule has 1 aliphatic rings. The number of aliphatic imine (C=N–C) groups is 1. The van der Waals surface area contributed by atoms with E-state index >= 15 is 0 Å². The van der Waals surface area contributed by atoms with Crippen LogP contribution in [0, 0.1) is 11.3 Å². The summed E-state index contributed by atoms with van der Waals surface area (Å²) in [5, 5.41) is 11.4. The van der Waals surface area contributed by atoms with Crippen molar-refractivity contribution in [2.45, 2.75) is 18.9 Å². The first-order chi connectivity index (χ1) is 12.8. The minimum absolute atomic E-state index is 0.0738. The zero-order chi connectivity index (χ0) is 19.6. The molecule has 1 aliphatic heterocycles. The van der Waals surface area contributed by atoms with E-state index in [1.165, 1.54) is 23.5 Å². The van der Waals surface area contributed by atoms with Gasteiger partial charge in [0.05, 0.1) is 17.7 Å². The van der Waals surface area contributed by atoms with Crippen LogP contribution in [0.5, 0.6) is 0 Å². The van der Waals surface area contributed by atoms with Crippen LogP contribution in [0.25, 0.3) is 0 Å². The van der Waals surface area contributed by atoms with Gasteiger partial charge in [0.1, 0.15) is 11.6 Å². The summed E-state index contributed by atoms with van der Waals surface area (Å²) >= 11 is 0. The average Bonchev–Trinajstić information content (AvgIpc) is 2.66. The van der Waals surface area contributed by atoms with Gasteiger partial charge in [-0.3, -0.25) is 19.5 Å². The van der Waals surface area contributed by atoms with Gasteiger partial charge < -0.3 is 11.1 Å². The molecule has 2 amide bonds. The second-order valence-electron chi connectivity index (χ2n) is 6.16. The molecule has 3 N–H and O–H groups in total. The van der Waals surface area contributed by atoms with Crippen molar-refractivity contribution in [2.75, 3.05) is 12.4 Å². The number of nitrogens with two attached hydrogens (primary N) is 1. The molecule has 136 valence electrons. The van der Waals surface area contributed by atoms with E-state index in [9.17, 15) is 9.59 Å². The van der Waals surface area contributed by atoms with E-state index in [1.807, 2.05) is 6.07 Å². The second kappa shape index (κ2) is 6.80. The highest BCUT2D eigenvalue weighted by molar-refractivity contribution is 6.01. The first-order valence-corrected chi connectivity index (χ1v) is 7.94. The van der Waals surface area contributed by atoms with Crippen LogP contribution in [-0.4, -0.2) is 44.7 Å². The van der Waals surface area contributed by atoms with Crippen molar-refractivity contribution in [1.82, 2.24) is 19.9 Å². The maximum Gasteiger partial charge on any atom is 0.293 e. The Hall–Kier alpha value is -3.87. The number of guanidine groups is 1. The molecule has 0 aliphatic carbocycles. The van der Waals surface area contributed by atoms with E-state index in [2.05, 4.69) is 25.3 Å². The molecule has 3 heterocycles. The Labute approximate surface area is 154 Å². The summed E-state index contributed by atoms with van der Waals surface area (Å²) in [6.07, 6.45) is 4.14. The normalized spacial score (nSPS) is 19.2. The van der Waals surface area contributed by atoms with Gasteiger partial charge in [-0.1, -0.05) is 0 Å². The van der Waals surface area contributed by atoms with Crippen LogP contribution in [0.2, 0.25) is 0 Å². The number of rotatable bonds is 3. The smallest absolute Gasteiger partial charge is 0.293 e. The van der Waals surface area contributed by atoms with Gasteiger partial charge in [-0.25, -0.2) is 15.0 Å². The summed E-state index contributed by atoms with van der Waals surface area (Å²) < 4.78 is 0. The van der Waals surface area contributed by atoms with Crippen molar-refractivity contribution in [3.63, 3.8) is 0 Å². The Kier molecular flexibility index (Phi) is 4.51. The third-order valence-corrected chi connectivity index (χ3v) is 4.13. The Morgan fingerprint density at radius 3 is 2.70 bits per heavy atom. The van der Waals surface area contributed by atoms with E-state index in [0.29, 0.717) is 11.4 Å². The number of anilines is 1. The predicted octanol–water partition coefficient (Wildman–Crippen LogP) is 0.388. The molecule has 0 aromatic carbocycles. The van der Waals surface area contributed by atoms with Gasteiger partial charge in [0.25, 0.3) is 5.91 Å². The molecule has 0 bridgehead atoms. The summed E-state index contributed by atoms with van der Waals surface area (Å²) in [5.74, 6) is -0.678. The van der Waals surface area contributed by atoms with Crippen molar-refractivity contribution in [1.29, 1.82) is 5.26 Å². The molecular formula is C17H16N8O2. The molecule has 1 atom stereocenters. The number of nitrogens with zero attached hydrogens (tertiary/aromatic N) is 6. The van der Waals surface area contributed by atoms with Gasteiger partial charge in [-0.2, -0.15) is 5.26 Å². The van der Waals surface area contributed by atoms with Gasteiger partial charge in [0.2, 0.25) is 11.7 Å². The molecule has 10 heteroatoms. The number of hydrogen-bond acceptors (Lipinski definition) is 8. The standard InChI is InChI=1S/C17H16N8O2/c1-17(6-13(26)25(2)16(19)24-17)12-5-11(3-4-20-12)23-15(27)14-21-8-10(7-18)9-22-14/h3-5,8-9H,6H2,1-2H3,(H2,19,24)(H,20,23,27). The van der Waals surface area contributed by atoms with Crippen LogP contribution >= 0.6 is 0 Å². The van der Waals surface area contributed by atoms with Crippen molar-refractivity contribution in [2.24, 2.45) is 10.7 Å². The van der Waals surface area contributed by atoms with Crippen LogP contribution in [0.15, 0.2) is 35.7 Å². The van der Waals surface area contributed by atoms with Crippen LogP contribution in [-0.2, 0) is 10.3 Å². The minimum Gasteiger partial charge on any atom is -0.369 e. The Bertz CT molecular complexity index is 979. The molecule has 2 aromatic rings. The molecule has 27 heavy (non-hydrogen) atoms. The van der Waals surface area contributed by atoms with Crippen molar-refractivity contribution in [3.05, 3.63) is 47.8 Å². The zero-order valence-electron chi connectivity index (χ0n) is 14.7. The summed E-state index contributed by atoms with van der Waals surface area (Å²) in [7, 11) is 1.56. The number of hydrogen-bond donors (Lipinski definition) is 2. The van der Waals surface area contributed by atoms with Gasteiger partial charge in [-0.05, 0) is 19.1 Å². The highest BCUT2D eigenvalue weighted by Gasteiger charge is 2.37. The summed E-state index contributed by atoms with van der Waals surface area (Å²) in [4.78, 5) is 42.1. The number of aromatic nitrogens is 3. The Morgan fingerprint density at radius 1 is 1.37 bits per heavy atom. The summed E-state index contributed by atoms with van der Waals surface area (Å²) in [6, 6.07) is 5.10. The lowest BCUT2D eigenvalue weighted by molar-refractivity contribution is -0.128. The Morgan fingerprint density at radius 2 is 2.07 bits per heavy atom. The highest BCUT2D eigenvalue weighted by atomic mass is 16.2. The third kappa shape index (κ3) is 3.57. The van der Waals surface area contributed by atoms with E-state index < -0.39 is 11.4 Å². The fraction of sp³-hybridized carbons (Fsp3) is 0.235. The molecule has 3 rings (SSSR count). The minimum atomic E-state index is -0.931. The molecular weight excluding hydrogens is 348 g/mol. The lowest BCUT2D eigenvalue weighted by Crippen LogP contribution is -2.47. The van der Waals surface area contributed by atoms with Crippen molar-refractivity contribution < 1.29 is 9.59 Å². The number of amides is 2. The van der Waals surface area contributed by atoms with Gasteiger partial charge in [0, 0.05) is 31.3 Å². The fourth-order valence-corrected chi connectivity index (χ4v) is 2.55. The van der Waals surface area contributed by atoms with Gasteiger partial charge in [-0.15, -0.1) is 0 Å². The maximum absolute atomic E-state index is 12.3. The lowest BCUT2D eigenvalue weighted by atomic mass is 9.91. The largest absolute Gasteiger partial charge is 0.369 e. The average molecular weight is 364 g/mol. The van der Waals surface area contributed by atoms with Crippen molar-refractivity contribution >= 4 is 23.5 Å². The molecule has 0 saturated carbocycles. The second-order valence-corrected chi connectivity index (χ2v) is 6.16. The molecule has 0 radical (unpaired) electrons. The van der Waals surface area contributed by atoms with Crippen LogP contribution in [0.1, 0.15) is 35.2 Å². The fourth-order valence-electron chi connectivity index (χ4n) is 2.55. The first kappa shape index (κ1) is 17.9. The summed E-state index contributed by atoms with van der Waals surface area (Å²) in [6.45, 7) is 1.75. The van der Waals surface area contributed by atoms with E-state index in [-0.39, 0.29) is 29.7 Å². The topological polar surface area (TPSA) is 150 Å². The molecule has 0 spiro atoms. The number of nitrogens with one attached hydrogen (secondary N) is 1. The monoisotopic (exact) mass is 364 g/mol. The SMILES string of the molecule is CN1C(=O)CC(C)(c2cc(NC(=O)c3ncc(C#N)cn3)ccn2)N=C1N. The first-order valence-electron chi connectivity index (χ1n) is 7.94. The number of nitriles is 1. The van der Waals surface area contributed by atoms with Gasteiger partial charge >= 0.3 is 0 Å². The highest BCUT2D eigenvalue weighted by Crippen LogP contribution is 2.32. The van der Waals surface area contributed by atoms with Crippen molar-refractivity contribution in [3.8, 4) is 6.07 Å². The quantitative estimate of drug-likeness (QED) is 0.799. The zero-order valence-corrected chi connectivity index (χ0v) is 14.7. The Balaban J connectivity index is 1.84. The summed E-state index contributed by atoms with van der Waals surface area (Å²) in [5.41, 5.74) is 6.08. The van der Waals surface area contributed by atoms with E-state index in [0.717, 1.165) is 0 Å². The molecule has 0 fully saturated rings. The number of pyridine rings is 1. The van der Waals surface area contributed by atoms with E-state index in [1.54, 1.807) is 26.1 Å². The van der Waals surface area contributed by atoms with Crippen LogP contribution in [0.3, 0.4) is 0 Å². The molecule has 2 aromatic heterocycles. The molecule has 0 saturated heterocycles. The van der Waals surface area contributed by atoms with Gasteiger partial charge in [0.15, 0.2) is 5.96 Å². The maximum atomic E-state index is 12.3. The molecule has 10 nitrogen and oxygen atoms in total. The lowest BCUT2D eigenvalue weighted by Gasteiger charge is -2.32. The number of carbonyl (C=O) groups excluding carboxylic acids is 2. The van der Waals surface area contributed by atoms with E-state index in [4.69, 9.17) is 11.0 Å². The predicted molar refractivity (Wildman–Crippen MR) is 95.3 cm³/mol. The number of carbonyl (C=O) groups is 2.